The van der Waals surface area contributed by atoms with Crippen LogP contribution < -0.4 is 15.8 Å². The zero-order valence-corrected chi connectivity index (χ0v) is 15.0. The van der Waals surface area contributed by atoms with E-state index in [0.717, 1.165) is 36.8 Å². The number of carbonyl (C=O) groups is 2. The number of anilines is 1. The number of benzene rings is 2. The van der Waals surface area contributed by atoms with E-state index in [1.165, 1.54) is 0 Å². The molecular weight excluding hydrogens is 328 g/mol. The average molecular weight is 352 g/mol. The summed E-state index contributed by atoms with van der Waals surface area (Å²) in [6.45, 7) is 1.89. The number of nitrogens with two attached hydrogens (primary N) is 1. The fraction of sp³-hybridized carbons (Fsp3) is 0.333. The molecule has 3 rings (SSSR count). The number of nitrogens with one attached hydrogen (secondary N) is 1. The topological polar surface area (TPSA) is 81.4 Å². The number of hydrogen-bond acceptors (Lipinski definition) is 3. The Labute approximate surface area is 153 Å². The number of rotatable bonds is 6. The van der Waals surface area contributed by atoms with Crippen LogP contribution in [0.25, 0.3) is 0 Å². The van der Waals surface area contributed by atoms with Crippen molar-refractivity contribution in [2.24, 2.45) is 5.73 Å². The van der Waals surface area contributed by atoms with Gasteiger partial charge >= 0.3 is 0 Å². The maximum atomic E-state index is 13.1. The summed E-state index contributed by atoms with van der Waals surface area (Å²) in [5, 5.41) is 3.05. The molecule has 2 aromatic carbocycles. The van der Waals surface area contributed by atoms with Gasteiger partial charge in [0.05, 0.1) is 5.41 Å². The van der Waals surface area contributed by atoms with Crippen molar-refractivity contribution in [2.75, 3.05) is 11.9 Å². The SMILES string of the molecule is Cc1cccc(C2(C(=O)Nc3ccc(OCC(N)=O)cc3)CCCC2)c1. The van der Waals surface area contributed by atoms with Crippen LogP contribution in [0.5, 0.6) is 5.75 Å². The summed E-state index contributed by atoms with van der Waals surface area (Å²) >= 11 is 0. The second-order valence-electron chi connectivity index (χ2n) is 6.89. The minimum absolute atomic E-state index is 0.0337. The molecule has 0 bridgehead atoms. The molecule has 136 valence electrons. The zero-order chi connectivity index (χ0) is 18.6. The lowest BCUT2D eigenvalue weighted by atomic mass is 9.77. The Morgan fingerprint density at radius 1 is 1.12 bits per heavy atom. The minimum atomic E-state index is -0.524. The lowest BCUT2D eigenvalue weighted by molar-refractivity contribution is -0.121. The van der Waals surface area contributed by atoms with Crippen molar-refractivity contribution >= 4 is 17.5 Å². The molecule has 5 heteroatoms. The van der Waals surface area contributed by atoms with E-state index in [0.29, 0.717) is 11.4 Å². The van der Waals surface area contributed by atoms with Gasteiger partial charge in [-0.2, -0.15) is 0 Å². The Morgan fingerprint density at radius 3 is 2.42 bits per heavy atom. The highest BCUT2D eigenvalue weighted by atomic mass is 16.5. The lowest BCUT2D eigenvalue weighted by Gasteiger charge is -2.28. The molecule has 1 fully saturated rings. The van der Waals surface area contributed by atoms with Crippen LogP contribution >= 0.6 is 0 Å². The molecule has 0 unspecified atom stereocenters. The van der Waals surface area contributed by atoms with Crippen molar-refractivity contribution in [3.63, 3.8) is 0 Å². The van der Waals surface area contributed by atoms with Crippen molar-refractivity contribution in [3.8, 4) is 5.75 Å². The van der Waals surface area contributed by atoms with Gasteiger partial charge in [-0.1, -0.05) is 42.7 Å². The Balaban J connectivity index is 1.76. The van der Waals surface area contributed by atoms with Crippen LogP contribution in [-0.2, 0) is 15.0 Å². The summed E-state index contributed by atoms with van der Waals surface area (Å²) in [6.07, 6.45) is 3.84. The number of hydrogen-bond donors (Lipinski definition) is 2. The molecule has 0 radical (unpaired) electrons. The normalized spacial score (nSPS) is 15.4. The van der Waals surface area contributed by atoms with E-state index in [-0.39, 0.29) is 12.5 Å². The third-order valence-electron chi connectivity index (χ3n) is 4.96. The van der Waals surface area contributed by atoms with Crippen LogP contribution in [0.3, 0.4) is 0 Å². The molecule has 0 saturated heterocycles. The lowest BCUT2D eigenvalue weighted by Crippen LogP contribution is -2.38. The molecule has 0 spiro atoms. The molecule has 1 aliphatic rings. The largest absolute Gasteiger partial charge is 0.484 e. The van der Waals surface area contributed by atoms with Gasteiger partial charge in [0.15, 0.2) is 6.61 Å². The molecule has 5 nitrogen and oxygen atoms in total. The van der Waals surface area contributed by atoms with Crippen molar-refractivity contribution < 1.29 is 14.3 Å². The standard InChI is InChI=1S/C21H24N2O3/c1-15-5-4-6-16(13-15)21(11-2-3-12-21)20(25)23-17-7-9-18(10-8-17)26-14-19(22)24/h4-10,13H,2-3,11-12,14H2,1H3,(H2,22,24)(H,23,25). The molecule has 0 heterocycles. The predicted molar refractivity (Wildman–Crippen MR) is 101 cm³/mol. The summed E-state index contributed by atoms with van der Waals surface area (Å²) in [4.78, 5) is 23.9. The van der Waals surface area contributed by atoms with Gasteiger partial charge in [-0.15, -0.1) is 0 Å². The number of ether oxygens (including phenoxy) is 1. The number of amides is 2. The molecule has 0 aromatic heterocycles. The molecule has 1 saturated carbocycles. The minimum Gasteiger partial charge on any atom is -0.484 e. The van der Waals surface area contributed by atoms with Crippen molar-refractivity contribution in [1.29, 1.82) is 0 Å². The van der Waals surface area contributed by atoms with E-state index < -0.39 is 11.3 Å². The van der Waals surface area contributed by atoms with E-state index in [9.17, 15) is 9.59 Å². The van der Waals surface area contributed by atoms with Gasteiger partial charge in [0.1, 0.15) is 5.75 Å². The molecule has 0 atom stereocenters. The van der Waals surface area contributed by atoms with Crippen molar-refractivity contribution in [1.82, 2.24) is 0 Å². The van der Waals surface area contributed by atoms with Crippen molar-refractivity contribution in [3.05, 3.63) is 59.7 Å². The Kier molecular flexibility index (Phi) is 5.26. The smallest absolute Gasteiger partial charge is 0.255 e. The molecular formula is C21H24N2O3. The fourth-order valence-corrected chi connectivity index (χ4v) is 3.61. The monoisotopic (exact) mass is 352 g/mol. The molecule has 2 aromatic rings. The summed E-state index contributed by atoms with van der Waals surface area (Å²) in [7, 11) is 0. The van der Waals surface area contributed by atoms with E-state index in [1.54, 1.807) is 24.3 Å². The van der Waals surface area contributed by atoms with Gasteiger partial charge in [-0.05, 0) is 49.6 Å². The Morgan fingerprint density at radius 2 is 1.81 bits per heavy atom. The zero-order valence-electron chi connectivity index (χ0n) is 15.0. The Hall–Kier alpha value is -2.82. The van der Waals surface area contributed by atoms with E-state index in [2.05, 4.69) is 30.4 Å². The third kappa shape index (κ3) is 3.87. The van der Waals surface area contributed by atoms with Gasteiger partial charge in [-0.25, -0.2) is 0 Å². The van der Waals surface area contributed by atoms with Gasteiger partial charge in [0.2, 0.25) is 5.91 Å². The first-order valence-corrected chi connectivity index (χ1v) is 8.89. The predicted octanol–water partition coefficient (Wildman–Crippen LogP) is 3.31. The molecule has 2 amide bonds. The third-order valence-corrected chi connectivity index (χ3v) is 4.96. The molecule has 26 heavy (non-hydrogen) atoms. The molecule has 3 N–H and O–H groups in total. The van der Waals surface area contributed by atoms with Gasteiger partial charge in [0, 0.05) is 5.69 Å². The van der Waals surface area contributed by atoms with E-state index >= 15 is 0 Å². The van der Waals surface area contributed by atoms with Gasteiger partial charge in [-0.3, -0.25) is 9.59 Å². The highest BCUT2D eigenvalue weighted by Crippen LogP contribution is 2.42. The highest BCUT2D eigenvalue weighted by Gasteiger charge is 2.42. The van der Waals surface area contributed by atoms with Gasteiger partial charge < -0.3 is 15.8 Å². The van der Waals surface area contributed by atoms with Crippen LogP contribution in [0.4, 0.5) is 5.69 Å². The first-order valence-electron chi connectivity index (χ1n) is 8.89. The summed E-state index contributed by atoms with van der Waals surface area (Å²) < 4.78 is 5.24. The van der Waals surface area contributed by atoms with Crippen molar-refractivity contribution in [2.45, 2.75) is 38.0 Å². The van der Waals surface area contributed by atoms with Crippen LogP contribution in [0.15, 0.2) is 48.5 Å². The summed E-state index contributed by atoms with van der Waals surface area (Å²) in [6, 6.07) is 15.2. The average Bonchev–Trinajstić information content (AvgIpc) is 3.12. The Bertz CT molecular complexity index is 793. The number of primary amides is 1. The van der Waals surface area contributed by atoms with E-state index in [1.807, 2.05) is 6.07 Å². The number of carbonyl (C=O) groups excluding carboxylic acids is 2. The quantitative estimate of drug-likeness (QED) is 0.837. The molecule has 1 aliphatic carbocycles. The summed E-state index contributed by atoms with van der Waals surface area (Å²) in [5.41, 5.74) is 7.56. The maximum absolute atomic E-state index is 13.1. The highest BCUT2D eigenvalue weighted by molar-refractivity contribution is 5.99. The van der Waals surface area contributed by atoms with Crippen LogP contribution in [0.1, 0.15) is 36.8 Å². The van der Waals surface area contributed by atoms with Crippen LogP contribution in [0.2, 0.25) is 0 Å². The van der Waals surface area contributed by atoms with Gasteiger partial charge in [0.25, 0.3) is 5.91 Å². The first-order chi connectivity index (χ1) is 12.5. The van der Waals surface area contributed by atoms with Crippen LogP contribution in [-0.4, -0.2) is 18.4 Å². The molecule has 0 aliphatic heterocycles. The second-order valence-corrected chi connectivity index (χ2v) is 6.89. The number of aryl methyl sites for hydroxylation is 1. The summed E-state index contributed by atoms with van der Waals surface area (Å²) in [5.74, 6) is 0.0474. The first kappa shape index (κ1) is 18.0. The fourth-order valence-electron chi connectivity index (χ4n) is 3.61. The maximum Gasteiger partial charge on any atom is 0.255 e. The van der Waals surface area contributed by atoms with Crippen LogP contribution in [0, 0.1) is 6.92 Å². The second kappa shape index (κ2) is 7.60. The van der Waals surface area contributed by atoms with E-state index in [4.69, 9.17) is 10.5 Å².